The Kier molecular flexibility index (Phi) is 9.40. The molecule has 0 amide bonds. The summed E-state index contributed by atoms with van der Waals surface area (Å²) in [5.74, 6) is 0.862. The molecule has 1 unspecified atom stereocenters. The van der Waals surface area contributed by atoms with Crippen molar-refractivity contribution < 1.29 is 17.7 Å². The van der Waals surface area contributed by atoms with Crippen LogP contribution in [0.5, 0.6) is 5.75 Å². The second-order valence-corrected chi connectivity index (χ2v) is 14.5. The zero-order chi connectivity index (χ0) is 25.7. The first-order valence-corrected chi connectivity index (χ1v) is 15.3. The van der Waals surface area contributed by atoms with Crippen LogP contribution in [0.1, 0.15) is 27.7 Å². The van der Waals surface area contributed by atoms with Gasteiger partial charge in [-0.05, 0) is 71.4 Å². The van der Waals surface area contributed by atoms with Gasteiger partial charge < -0.3 is 19.9 Å². The van der Waals surface area contributed by atoms with E-state index < -0.39 is 28.4 Å². The molecule has 34 heavy (non-hydrogen) atoms. The van der Waals surface area contributed by atoms with Crippen molar-refractivity contribution >= 4 is 51.1 Å². The number of aliphatic imine (C=N–C) groups is 1. The highest BCUT2D eigenvalue weighted by molar-refractivity contribution is 7.92. The van der Waals surface area contributed by atoms with Gasteiger partial charge in [0.15, 0.2) is 9.84 Å². The van der Waals surface area contributed by atoms with Gasteiger partial charge in [0, 0.05) is 5.30 Å². The number of halogens is 1. The van der Waals surface area contributed by atoms with Gasteiger partial charge in [0.2, 0.25) is 0 Å². The van der Waals surface area contributed by atoms with E-state index in [1.54, 1.807) is 89.8 Å². The number of nitrogens with one attached hydrogen (secondary N) is 2. The Morgan fingerprint density at radius 3 is 2.32 bits per heavy atom. The predicted molar refractivity (Wildman–Crippen MR) is 145 cm³/mol. The lowest BCUT2D eigenvalue weighted by atomic mass is 10.3. The minimum atomic E-state index is -3.52. The quantitative estimate of drug-likeness (QED) is 0.253. The van der Waals surface area contributed by atoms with Crippen molar-refractivity contribution in [1.82, 2.24) is 0 Å². The number of nitrogens with zero attached hydrogens (tertiary/aromatic N) is 1. The molecule has 186 valence electrons. The summed E-state index contributed by atoms with van der Waals surface area (Å²) in [7, 11) is -4.41. The zero-order valence-corrected chi connectivity index (χ0v) is 23.1. The third-order valence-corrected chi connectivity index (χ3v) is 9.17. The van der Waals surface area contributed by atoms with E-state index in [0.717, 1.165) is 0 Å². The average molecular weight is 526 g/mol. The fourth-order valence-electron chi connectivity index (χ4n) is 3.07. The Bertz CT molecular complexity index is 1240. The molecule has 1 atom stereocenters. The van der Waals surface area contributed by atoms with Crippen molar-refractivity contribution in [1.29, 1.82) is 0 Å². The van der Waals surface area contributed by atoms with Gasteiger partial charge in [-0.1, -0.05) is 29.8 Å². The molecule has 2 aromatic rings. The number of allylic oxidation sites excluding steroid dienone is 1. The van der Waals surface area contributed by atoms with Gasteiger partial charge in [0.1, 0.15) is 24.9 Å². The Morgan fingerprint density at radius 1 is 1.12 bits per heavy atom. The summed E-state index contributed by atoms with van der Waals surface area (Å²) >= 11 is 6.42. The van der Waals surface area contributed by atoms with Gasteiger partial charge in [0.05, 0.1) is 33.7 Å². The lowest BCUT2D eigenvalue weighted by molar-refractivity contribution is 0.416. The molecule has 0 aliphatic heterocycles. The van der Waals surface area contributed by atoms with Crippen LogP contribution in [0.4, 0.5) is 11.4 Å². The molecule has 0 saturated heterocycles. The van der Waals surface area contributed by atoms with Gasteiger partial charge in [-0.2, -0.15) is 0 Å². The molecule has 0 fully saturated rings. The molecule has 0 aliphatic carbocycles. The molecule has 0 heterocycles. The first-order chi connectivity index (χ1) is 15.8. The average Bonchev–Trinajstić information content (AvgIpc) is 2.77. The number of methoxy groups -OCH3 is 1. The maximum atomic E-state index is 12.8. The van der Waals surface area contributed by atoms with Gasteiger partial charge in [0.25, 0.3) is 0 Å². The molecule has 2 N–H and O–H groups in total. The topological polar surface area (TPSA) is 96.9 Å². The normalized spacial score (nSPS) is 14.1. The molecule has 7 nitrogen and oxygen atoms in total. The Balaban J connectivity index is 2.41. The van der Waals surface area contributed by atoms with E-state index >= 15 is 0 Å². The van der Waals surface area contributed by atoms with E-state index in [0.29, 0.717) is 33.3 Å². The van der Waals surface area contributed by atoms with E-state index in [4.69, 9.17) is 16.3 Å². The molecule has 0 aromatic heterocycles. The number of rotatable bonds is 9. The molecule has 0 radical (unpaired) electrons. The minimum Gasteiger partial charge on any atom is -0.495 e. The monoisotopic (exact) mass is 525 g/mol. The molecule has 2 aromatic carbocycles. The molecular formula is C24H33ClN3O4PS. The highest BCUT2D eigenvalue weighted by Crippen LogP contribution is 2.37. The fraction of sp³-hybridized carbons (Fsp3) is 0.375. The largest absolute Gasteiger partial charge is 0.495 e. The summed E-state index contributed by atoms with van der Waals surface area (Å²) in [6.45, 7) is 10.3. The summed E-state index contributed by atoms with van der Waals surface area (Å²) < 4.78 is 43.6. The van der Waals surface area contributed by atoms with Crippen LogP contribution in [-0.2, 0) is 14.4 Å². The number of hydrogen-bond donors (Lipinski definition) is 2. The van der Waals surface area contributed by atoms with E-state index in [2.05, 4.69) is 15.6 Å². The lowest BCUT2D eigenvalue weighted by Gasteiger charge is -2.19. The minimum absolute atomic E-state index is 0.180. The van der Waals surface area contributed by atoms with Gasteiger partial charge in [-0.15, -0.1) is 0 Å². The Morgan fingerprint density at radius 2 is 1.76 bits per heavy atom. The van der Waals surface area contributed by atoms with E-state index in [1.807, 2.05) is 6.92 Å². The van der Waals surface area contributed by atoms with Crippen LogP contribution in [-0.4, -0.2) is 46.1 Å². The van der Waals surface area contributed by atoms with Crippen molar-refractivity contribution in [2.75, 3.05) is 31.1 Å². The number of hydrogen-bond acceptors (Lipinski definition) is 6. The highest BCUT2D eigenvalue weighted by Gasteiger charge is 2.23. The van der Waals surface area contributed by atoms with Crippen molar-refractivity contribution in [2.24, 2.45) is 4.99 Å². The lowest BCUT2D eigenvalue weighted by Crippen LogP contribution is -2.23. The van der Waals surface area contributed by atoms with Crippen LogP contribution in [0, 0.1) is 0 Å². The van der Waals surface area contributed by atoms with Gasteiger partial charge >= 0.3 is 0 Å². The number of sulfone groups is 1. The van der Waals surface area contributed by atoms with Gasteiger partial charge in [-0.25, -0.2) is 13.4 Å². The van der Waals surface area contributed by atoms with E-state index in [-0.39, 0.29) is 4.90 Å². The number of amidine groups is 1. The molecule has 0 aliphatic rings. The van der Waals surface area contributed by atoms with Crippen molar-refractivity contribution in [3.05, 3.63) is 53.6 Å². The second-order valence-electron chi connectivity index (χ2n) is 8.39. The smallest absolute Gasteiger partial charge is 0.182 e. The van der Waals surface area contributed by atoms with Crippen molar-refractivity contribution in [3.8, 4) is 5.75 Å². The Hall–Kier alpha value is -2.28. The van der Waals surface area contributed by atoms with Crippen LogP contribution in [0.25, 0.3) is 0 Å². The zero-order valence-electron chi connectivity index (χ0n) is 20.6. The number of benzene rings is 2. The third kappa shape index (κ3) is 6.87. The van der Waals surface area contributed by atoms with Crippen LogP contribution in [0.3, 0.4) is 0 Å². The molecule has 10 heteroatoms. The maximum Gasteiger partial charge on any atom is 0.182 e. The Labute approximate surface area is 208 Å². The van der Waals surface area contributed by atoms with Crippen LogP contribution < -0.4 is 20.7 Å². The molecule has 0 spiro atoms. The van der Waals surface area contributed by atoms with E-state index in [9.17, 15) is 13.0 Å². The van der Waals surface area contributed by atoms with Crippen LogP contribution >= 0.6 is 18.7 Å². The third-order valence-electron chi connectivity index (χ3n) is 5.04. The molecule has 2 rings (SSSR count). The first kappa shape index (κ1) is 28.0. The summed E-state index contributed by atoms with van der Waals surface area (Å²) in [5, 5.41) is 6.82. The van der Waals surface area contributed by atoms with Crippen molar-refractivity contribution in [3.63, 3.8) is 0 Å². The standard InChI is InChI=1S/C24H33ClN3O4PS/c1-8-19(25)24(28-21-11-9-10-12-23(21)34(30,31)16(2)3)27-17(4)26-20-14-13-18(33(6,7)29)15-22(20)32-5/h8-17,26H,1-7H3,(H,27,28)/b19-8+. The van der Waals surface area contributed by atoms with Crippen molar-refractivity contribution in [2.45, 2.75) is 44.0 Å². The maximum absolute atomic E-state index is 12.8. The predicted octanol–water partition coefficient (Wildman–Crippen LogP) is 5.54. The number of para-hydroxylation sites is 1. The summed E-state index contributed by atoms with van der Waals surface area (Å²) in [5.41, 5.74) is 1.07. The SMILES string of the molecule is C/C=C(Cl)\C(=N/C(C)Nc1ccc(P(C)(C)=O)cc1OC)Nc1ccccc1S(=O)(=O)C(C)C. The molecule has 0 saturated carbocycles. The summed E-state index contributed by atoms with van der Waals surface area (Å²) in [6, 6.07) is 12.0. The van der Waals surface area contributed by atoms with E-state index in [1.165, 1.54) is 0 Å². The van der Waals surface area contributed by atoms with Crippen LogP contribution in [0.2, 0.25) is 0 Å². The first-order valence-electron chi connectivity index (χ1n) is 10.8. The fourth-order valence-corrected chi connectivity index (χ4v) is 5.23. The second kappa shape index (κ2) is 11.4. The number of ether oxygens (including phenoxy) is 1. The highest BCUT2D eigenvalue weighted by atomic mass is 35.5. The van der Waals surface area contributed by atoms with Crippen LogP contribution in [0.15, 0.2) is 63.5 Å². The van der Waals surface area contributed by atoms with Gasteiger partial charge in [-0.3, -0.25) is 0 Å². The summed E-state index contributed by atoms with van der Waals surface area (Å²) in [6.07, 6.45) is 1.22. The summed E-state index contributed by atoms with van der Waals surface area (Å²) in [4.78, 5) is 4.82. The molecule has 0 bridgehead atoms. The molecular weight excluding hydrogens is 493 g/mol. The number of anilines is 2.